The summed E-state index contributed by atoms with van der Waals surface area (Å²) in [6.07, 6.45) is 0.791. The smallest absolute Gasteiger partial charge is 0.247 e. The lowest BCUT2D eigenvalue weighted by atomic mass is 9.81. The lowest BCUT2D eigenvalue weighted by Gasteiger charge is -2.37. The Bertz CT molecular complexity index is 1310. The third-order valence-electron chi connectivity index (χ3n) is 6.43. The second-order valence-corrected chi connectivity index (χ2v) is 12.7. The molecular weight excluding hydrogens is 482 g/mol. The van der Waals surface area contributed by atoms with E-state index in [0.29, 0.717) is 11.6 Å². The minimum Gasteiger partial charge on any atom is -0.497 e. The molecule has 4 rings (SSSR count). The molecule has 0 fully saturated rings. The van der Waals surface area contributed by atoms with Crippen molar-refractivity contribution in [2.45, 2.75) is 71.1 Å². The number of aryl methyl sites for hydroxylation is 1. The number of methoxy groups -OCH3 is 1. The van der Waals surface area contributed by atoms with Crippen molar-refractivity contribution < 1.29 is 14.3 Å². The molecule has 37 heavy (non-hydrogen) atoms. The van der Waals surface area contributed by atoms with Crippen molar-refractivity contribution in [1.82, 2.24) is 15.2 Å². The maximum atomic E-state index is 14.1. The molecule has 1 atom stereocenters. The SMILES string of the molecule is COc1ccc2nc3c(cc2c1)C(C(=O)NC(C)(C)CC(C)(C)C)N(Cc1ccc(C)cc1)C(=O)CS3. The number of rotatable bonds is 6. The molecule has 196 valence electrons. The van der Waals surface area contributed by atoms with E-state index in [-0.39, 0.29) is 23.0 Å². The molecule has 2 amide bonds. The maximum Gasteiger partial charge on any atom is 0.247 e. The summed E-state index contributed by atoms with van der Waals surface area (Å²) in [5.41, 5.74) is 3.25. The molecule has 7 heteroatoms. The van der Waals surface area contributed by atoms with Crippen molar-refractivity contribution in [3.63, 3.8) is 0 Å². The summed E-state index contributed by atoms with van der Waals surface area (Å²) in [6, 6.07) is 15.0. The molecule has 1 unspecified atom stereocenters. The van der Waals surface area contributed by atoms with Gasteiger partial charge in [0.1, 0.15) is 16.8 Å². The summed E-state index contributed by atoms with van der Waals surface area (Å²) >= 11 is 1.39. The summed E-state index contributed by atoms with van der Waals surface area (Å²) in [5.74, 6) is 0.666. The van der Waals surface area contributed by atoms with Crippen LogP contribution in [-0.2, 0) is 16.1 Å². The van der Waals surface area contributed by atoms with Crippen molar-refractivity contribution >= 4 is 34.5 Å². The monoisotopic (exact) mass is 519 g/mol. The van der Waals surface area contributed by atoms with Crippen LogP contribution in [0.2, 0.25) is 0 Å². The van der Waals surface area contributed by atoms with E-state index in [2.05, 4.69) is 26.1 Å². The van der Waals surface area contributed by atoms with E-state index in [4.69, 9.17) is 9.72 Å². The van der Waals surface area contributed by atoms with E-state index in [1.54, 1.807) is 12.0 Å². The quantitative estimate of drug-likeness (QED) is 0.429. The lowest BCUT2D eigenvalue weighted by Crippen LogP contribution is -2.51. The molecule has 0 radical (unpaired) electrons. The van der Waals surface area contributed by atoms with E-state index in [1.165, 1.54) is 11.8 Å². The van der Waals surface area contributed by atoms with Crippen LogP contribution in [0.25, 0.3) is 10.9 Å². The van der Waals surface area contributed by atoms with Crippen molar-refractivity contribution in [2.75, 3.05) is 12.9 Å². The Morgan fingerprint density at radius 1 is 1.11 bits per heavy atom. The summed E-state index contributed by atoms with van der Waals surface area (Å²) in [6.45, 7) is 12.9. The van der Waals surface area contributed by atoms with Crippen LogP contribution in [0.1, 0.15) is 63.8 Å². The zero-order valence-corrected chi connectivity index (χ0v) is 23.7. The van der Waals surface area contributed by atoms with Gasteiger partial charge in [0.2, 0.25) is 11.8 Å². The predicted molar refractivity (Wildman–Crippen MR) is 150 cm³/mol. The van der Waals surface area contributed by atoms with E-state index in [1.807, 2.05) is 69.3 Å². The number of carbonyl (C=O) groups is 2. The molecule has 2 aromatic carbocycles. The molecule has 0 saturated heterocycles. The Morgan fingerprint density at radius 2 is 1.81 bits per heavy atom. The third-order valence-corrected chi connectivity index (χ3v) is 7.42. The second kappa shape index (κ2) is 10.4. The molecule has 3 aromatic rings. The van der Waals surface area contributed by atoms with Gasteiger partial charge in [0.15, 0.2) is 0 Å². The predicted octanol–water partition coefficient (Wildman–Crippen LogP) is 6.06. The number of thioether (sulfide) groups is 1. The standard InChI is InChI=1S/C30H37N3O3S/c1-19-8-10-20(11-9-19)16-33-25(34)17-37-28-23(15-21-14-22(36-7)12-13-24(21)31-28)26(33)27(35)32-30(5,6)18-29(2,3)4/h8-15,26H,16-18H2,1-7H3,(H,32,35). The molecule has 1 aliphatic heterocycles. The van der Waals surface area contributed by atoms with Gasteiger partial charge in [-0.15, -0.1) is 0 Å². The number of pyridine rings is 1. The zero-order valence-electron chi connectivity index (χ0n) is 22.8. The average Bonchev–Trinajstić information content (AvgIpc) is 2.93. The van der Waals surface area contributed by atoms with Gasteiger partial charge in [-0.05, 0) is 62.4 Å². The number of hydrogen-bond donors (Lipinski definition) is 1. The van der Waals surface area contributed by atoms with Gasteiger partial charge in [-0.3, -0.25) is 9.59 Å². The highest BCUT2D eigenvalue weighted by atomic mass is 32.2. The number of benzene rings is 2. The molecule has 0 aliphatic carbocycles. The van der Waals surface area contributed by atoms with Crippen LogP contribution in [-0.4, -0.2) is 40.1 Å². The number of fused-ring (bicyclic) bond motifs is 2. The lowest BCUT2D eigenvalue weighted by molar-refractivity contribution is -0.140. The van der Waals surface area contributed by atoms with E-state index >= 15 is 0 Å². The van der Waals surface area contributed by atoms with E-state index in [0.717, 1.165) is 39.8 Å². The van der Waals surface area contributed by atoms with Crippen molar-refractivity contribution in [3.05, 3.63) is 65.2 Å². The van der Waals surface area contributed by atoms with Crippen LogP contribution in [0, 0.1) is 12.3 Å². The maximum absolute atomic E-state index is 14.1. The van der Waals surface area contributed by atoms with Crippen LogP contribution < -0.4 is 10.1 Å². The fourth-order valence-electron chi connectivity index (χ4n) is 5.24. The highest BCUT2D eigenvalue weighted by Gasteiger charge is 2.39. The Balaban J connectivity index is 1.82. The zero-order chi connectivity index (χ0) is 27.0. The van der Waals surface area contributed by atoms with Crippen molar-refractivity contribution in [3.8, 4) is 5.75 Å². The summed E-state index contributed by atoms with van der Waals surface area (Å²) in [4.78, 5) is 34.2. The molecular formula is C30H37N3O3S. The van der Waals surface area contributed by atoms with Gasteiger partial charge in [0.05, 0.1) is 18.4 Å². The Kier molecular flexibility index (Phi) is 7.56. The van der Waals surface area contributed by atoms with Crippen LogP contribution in [0.5, 0.6) is 5.75 Å². The minimum atomic E-state index is -0.804. The fourth-order valence-corrected chi connectivity index (χ4v) is 6.17. The number of ether oxygens (including phenoxy) is 1. The Hall–Kier alpha value is -3.06. The van der Waals surface area contributed by atoms with E-state index < -0.39 is 11.6 Å². The van der Waals surface area contributed by atoms with Crippen LogP contribution in [0.4, 0.5) is 0 Å². The number of hydrogen-bond acceptors (Lipinski definition) is 5. The Morgan fingerprint density at radius 3 is 2.46 bits per heavy atom. The molecule has 0 saturated carbocycles. The summed E-state index contributed by atoms with van der Waals surface area (Å²) in [7, 11) is 1.63. The van der Waals surface area contributed by atoms with Gasteiger partial charge in [0, 0.05) is 23.0 Å². The molecule has 1 aliphatic rings. The molecule has 2 heterocycles. The number of nitrogens with one attached hydrogen (secondary N) is 1. The summed E-state index contributed by atoms with van der Waals surface area (Å²) < 4.78 is 5.43. The highest BCUT2D eigenvalue weighted by molar-refractivity contribution is 8.00. The topological polar surface area (TPSA) is 71.5 Å². The number of carbonyl (C=O) groups excluding carboxylic acids is 2. The van der Waals surface area contributed by atoms with Gasteiger partial charge in [0.25, 0.3) is 0 Å². The third kappa shape index (κ3) is 6.45. The fraction of sp³-hybridized carbons (Fsp3) is 0.433. The van der Waals surface area contributed by atoms with Crippen LogP contribution >= 0.6 is 11.8 Å². The number of nitrogens with zero attached hydrogens (tertiary/aromatic N) is 2. The molecule has 0 bridgehead atoms. The van der Waals surface area contributed by atoms with Crippen LogP contribution in [0.15, 0.2) is 53.6 Å². The minimum absolute atomic E-state index is 0.0275. The Labute approximate surface area is 224 Å². The molecule has 1 aromatic heterocycles. The van der Waals surface area contributed by atoms with Gasteiger partial charge < -0.3 is 15.0 Å². The molecule has 0 spiro atoms. The molecule has 6 nitrogen and oxygen atoms in total. The first kappa shape index (κ1) is 27.0. The number of aromatic nitrogens is 1. The second-order valence-electron chi connectivity index (χ2n) is 11.8. The average molecular weight is 520 g/mol. The number of amides is 2. The molecule has 1 N–H and O–H groups in total. The van der Waals surface area contributed by atoms with Gasteiger partial charge in [-0.25, -0.2) is 4.98 Å². The van der Waals surface area contributed by atoms with E-state index in [9.17, 15) is 9.59 Å². The van der Waals surface area contributed by atoms with Crippen molar-refractivity contribution in [1.29, 1.82) is 0 Å². The van der Waals surface area contributed by atoms with Gasteiger partial charge >= 0.3 is 0 Å². The summed E-state index contributed by atoms with van der Waals surface area (Å²) in [5, 5.41) is 4.86. The first-order valence-electron chi connectivity index (χ1n) is 12.6. The van der Waals surface area contributed by atoms with Gasteiger partial charge in [-0.2, -0.15) is 0 Å². The van der Waals surface area contributed by atoms with Gasteiger partial charge in [-0.1, -0.05) is 62.4 Å². The highest BCUT2D eigenvalue weighted by Crippen LogP contribution is 2.38. The van der Waals surface area contributed by atoms with Crippen molar-refractivity contribution in [2.24, 2.45) is 5.41 Å². The first-order chi connectivity index (χ1) is 17.3. The normalized spacial score (nSPS) is 16.4. The first-order valence-corrected chi connectivity index (χ1v) is 13.6. The largest absolute Gasteiger partial charge is 0.497 e. The van der Waals surface area contributed by atoms with Crippen LogP contribution in [0.3, 0.4) is 0 Å².